The minimum atomic E-state index is -0.885. The highest BCUT2D eigenvalue weighted by atomic mass is 19.1. The van der Waals surface area contributed by atoms with Crippen LogP contribution in [0.5, 0.6) is 11.5 Å². The van der Waals surface area contributed by atoms with Gasteiger partial charge >= 0.3 is 0 Å². The van der Waals surface area contributed by atoms with Crippen LogP contribution in [-0.4, -0.2) is 78.2 Å². The fraction of sp³-hybridized carbons (Fsp3) is 0.360. The summed E-state index contributed by atoms with van der Waals surface area (Å²) >= 11 is 0. The Kier molecular flexibility index (Phi) is 7.14. The zero-order valence-corrected chi connectivity index (χ0v) is 18.9. The van der Waals surface area contributed by atoms with Crippen molar-refractivity contribution in [1.82, 2.24) is 9.80 Å². The van der Waals surface area contributed by atoms with Gasteiger partial charge in [0.15, 0.2) is 11.5 Å². The van der Waals surface area contributed by atoms with Gasteiger partial charge in [0.1, 0.15) is 11.6 Å². The summed E-state index contributed by atoms with van der Waals surface area (Å²) in [7, 11) is 1.40. The Morgan fingerprint density at radius 1 is 1.12 bits per heavy atom. The standard InChI is InChI=1S/C25H27FN2O6/c1-33-20-15-17(5-8-19(20)29)22-21(23(30)16-3-6-18(26)7-4-16)24(31)25(32)28(22)10-2-9-27-11-13-34-14-12-27/h3-8,15,22,29-30H,2,9-14H2,1H3/t22-/m1/s1. The summed E-state index contributed by atoms with van der Waals surface area (Å²) in [5.74, 6) is -2.31. The molecule has 2 heterocycles. The number of hydrogen-bond donors (Lipinski definition) is 2. The number of aliphatic hydroxyl groups excluding tert-OH is 1. The van der Waals surface area contributed by atoms with Gasteiger partial charge in [0.05, 0.1) is 31.9 Å². The minimum absolute atomic E-state index is 0.0873. The van der Waals surface area contributed by atoms with Crippen molar-refractivity contribution in [3.8, 4) is 11.5 Å². The number of likely N-dealkylation sites (tertiary alicyclic amines) is 1. The van der Waals surface area contributed by atoms with Crippen LogP contribution in [0, 0.1) is 5.82 Å². The minimum Gasteiger partial charge on any atom is -0.507 e. The van der Waals surface area contributed by atoms with Gasteiger partial charge in [0, 0.05) is 31.7 Å². The molecule has 180 valence electrons. The van der Waals surface area contributed by atoms with E-state index in [1.807, 2.05) is 0 Å². The number of methoxy groups -OCH3 is 1. The Morgan fingerprint density at radius 3 is 2.50 bits per heavy atom. The van der Waals surface area contributed by atoms with Crippen molar-refractivity contribution in [2.75, 3.05) is 46.5 Å². The van der Waals surface area contributed by atoms with E-state index >= 15 is 0 Å². The third kappa shape index (κ3) is 4.76. The van der Waals surface area contributed by atoms with Crippen molar-refractivity contribution in [1.29, 1.82) is 0 Å². The zero-order chi connectivity index (χ0) is 24.2. The monoisotopic (exact) mass is 470 g/mol. The fourth-order valence-electron chi connectivity index (χ4n) is 4.37. The average Bonchev–Trinajstić information content (AvgIpc) is 3.10. The number of rotatable bonds is 7. The largest absolute Gasteiger partial charge is 0.507 e. The Hall–Kier alpha value is -3.43. The lowest BCUT2D eigenvalue weighted by Gasteiger charge is -2.29. The van der Waals surface area contributed by atoms with Gasteiger partial charge in [-0.1, -0.05) is 6.07 Å². The van der Waals surface area contributed by atoms with Crippen molar-refractivity contribution in [2.24, 2.45) is 0 Å². The van der Waals surface area contributed by atoms with Crippen molar-refractivity contribution in [2.45, 2.75) is 12.5 Å². The van der Waals surface area contributed by atoms with Gasteiger partial charge in [-0.3, -0.25) is 14.5 Å². The number of carbonyl (C=O) groups is 2. The highest BCUT2D eigenvalue weighted by Crippen LogP contribution is 2.41. The lowest BCUT2D eigenvalue weighted by molar-refractivity contribution is -0.140. The molecule has 2 aliphatic heterocycles. The number of phenols is 1. The van der Waals surface area contributed by atoms with Crippen LogP contribution < -0.4 is 4.74 Å². The molecule has 2 aliphatic rings. The van der Waals surface area contributed by atoms with Gasteiger partial charge in [-0.05, 0) is 48.4 Å². The number of ether oxygens (including phenoxy) is 2. The zero-order valence-electron chi connectivity index (χ0n) is 18.9. The highest BCUT2D eigenvalue weighted by molar-refractivity contribution is 6.46. The van der Waals surface area contributed by atoms with Crippen LogP contribution in [0.1, 0.15) is 23.6 Å². The van der Waals surface area contributed by atoms with Gasteiger partial charge in [0.2, 0.25) is 0 Å². The summed E-state index contributed by atoms with van der Waals surface area (Å²) in [5.41, 5.74) is 0.642. The molecule has 2 aromatic rings. The number of carbonyl (C=O) groups excluding carboxylic acids is 2. The number of ketones is 1. The van der Waals surface area contributed by atoms with E-state index < -0.39 is 23.5 Å². The van der Waals surface area contributed by atoms with E-state index in [0.717, 1.165) is 19.6 Å². The number of aromatic hydroxyl groups is 1. The van der Waals surface area contributed by atoms with E-state index in [2.05, 4.69) is 4.90 Å². The van der Waals surface area contributed by atoms with Crippen LogP contribution in [0.3, 0.4) is 0 Å². The molecule has 34 heavy (non-hydrogen) atoms. The number of nitrogens with zero attached hydrogens (tertiary/aromatic N) is 2. The van der Waals surface area contributed by atoms with Gasteiger partial charge in [-0.15, -0.1) is 0 Å². The van der Waals surface area contributed by atoms with Gasteiger partial charge in [-0.25, -0.2) is 4.39 Å². The van der Waals surface area contributed by atoms with E-state index in [1.165, 1.54) is 42.3 Å². The smallest absolute Gasteiger partial charge is 0.295 e. The van der Waals surface area contributed by atoms with Crippen LogP contribution in [-0.2, 0) is 14.3 Å². The second-order valence-corrected chi connectivity index (χ2v) is 8.24. The third-order valence-corrected chi connectivity index (χ3v) is 6.15. The Labute approximate surface area is 196 Å². The van der Waals surface area contributed by atoms with E-state index in [9.17, 15) is 24.2 Å². The lowest BCUT2D eigenvalue weighted by atomic mass is 9.95. The van der Waals surface area contributed by atoms with E-state index in [1.54, 1.807) is 12.1 Å². The van der Waals surface area contributed by atoms with E-state index in [4.69, 9.17) is 9.47 Å². The molecule has 1 atom stereocenters. The Morgan fingerprint density at radius 2 is 1.82 bits per heavy atom. The normalized spacial score (nSPS) is 20.6. The quantitative estimate of drug-likeness (QED) is 0.365. The molecule has 0 radical (unpaired) electrons. The summed E-state index contributed by atoms with van der Waals surface area (Å²) in [6.07, 6.45) is 0.620. The second kappa shape index (κ2) is 10.2. The molecular formula is C25H27FN2O6. The van der Waals surface area contributed by atoms with Gasteiger partial charge < -0.3 is 24.6 Å². The highest BCUT2D eigenvalue weighted by Gasteiger charge is 2.46. The number of benzene rings is 2. The molecular weight excluding hydrogens is 443 g/mol. The fourth-order valence-corrected chi connectivity index (χ4v) is 4.37. The second-order valence-electron chi connectivity index (χ2n) is 8.24. The van der Waals surface area contributed by atoms with Crippen LogP contribution in [0.2, 0.25) is 0 Å². The molecule has 0 aliphatic carbocycles. The first-order chi connectivity index (χ1) is 16.4. The predicted molar refractivity (Wildman–Crippen MR) is 122 cm³/mol. The molecule has 0 bridgehead atoms. The van der Waals surface area contributed by atoms with Gasteiger partial charge in [-0.2, -0.15) is 0 Å². The number of Topliss-reactive ketones (excluding diaryl/α,β-unsaturated/α-hetero) is 1. The molecule has 0 aromatic heterocycles. The topological polar surface area (TPSA) is 99.5 Å². The number of morpholine rings is 1. The molecule has 4 rings (SSSR count). The third-order valence-electron chi connectivity index (χ3n) is 6.15. The summed E-state index contributed by atoms with van der Waals surface area (Å²) in [6.45, 7) is 3.96. The maximum absolute atomic E-state index is 13.4. The Bertz CT molecular complexity index is 1100. The Balaban J connectivity index is 1.70. The average molecular weight is 470 g/mol. The molecule has 9 heteroatoms. The molecule has 2 aromatic carbocycles. The summed E-state index contributed by atoms with van der Waals surface area (Å²) in [5, 5.41) is 21.0. The molecule has 1 amide bonds. The van der Waals surface area contributed by atoms with Crippen molar-refractivity contribution in [3.05, 3.63) is 65.0 Å². The first-order valence-corrected chi connectivity index (χ1v) is 11.1. The van der Waals surface area contributed by atoms with Crippen LogP contribution >= 0.6 is 0 Å². The summed E-state index contributed by atoms with van der Waals surface area (Å²) in [4.78, 5) is 29.8. The molecule has 8 nitrogen and oxygen atoms in total. The number of halogens is 1. The molecule has 0 saturated carbocycles. The number of amides is 1. The van der Waals surface area contributed by atoms with Crippen molar-refractivity contribution >= 4 is 17.4 Å². The number of hydrogen-bond acceptors (Lipinski definition) is 7. The van der Waals surface area contributed by atoms with E-state index in [-0.39, 0.29) is 34.9 Å². The molecule has 2 fully saturated rings. The molecule has 0 spiro atoms. The maximum atomic E-state index is 13.4. The first-order valence-electron chi connectivity index (χ1n) is 11.1. The van der Waals surface area contributed by atoms with Crippen LogP contribution in [0.25, 0.3) is 5.76 Å². The predicted octanol–water partition coefficient (Wildman–Crippen LogP) is 2.68. The first kappa shape index (κ1) is 23.7. The summed E-state index contributed by atoms with van der Waals surface area (Å²) < 4.78 is 24.0. The SMILES string of the molecule is COc1cc([C@@H]2C(=C(O)c3ccc(F)cc3)C(=O)C(=O)N2CCCN2CCOCC2)ccc1O. The number of phenolic OH excluding ortho intramolecular Hbond substituents is 1. The lowest BCUT2D eigenvalue weighted by Crippen LogP contribution is -2.38. The van der Waals surface area contributed by atoms with Gasteiger partial charge in [0.25, 0.3) is 11.7 Å². The molecule has 2 saturated heterocycles. The van der Waals surface area contributed by atoms with Crippen molar-refractivity contribution in [3.63, 3.8) is 0 Å². The summed E-state index contributed by atoms with van der Waals surface area (Å²) in [6, 6.07) is 8.71. The van der Waals surface area contributed by atoms with E-state index in [0.29, 0.717) is 25.2 Å². The van der Waals surface area contributed by atoms with Crippen LogP contribution in [0.4, 0.5) is 4.39 Å². The van der Waals surface area contributed by atoms with Crippen LogP contribution in [0.15, 0.2) is 48.0 Å². The van der Waals surface area contributed by atoms with Crippen molar-refractivity contribution < 1.29 is 33.7 Å². The number of aliphatic hydroxyl groups is 1. The molecule has 2 N–H and O–H groups in total. The molecule has 0 unspecified atom stereocenters. The maximum Gasteiger partial charge on any atom is 0.295 e.